The first-order valence-corrected chi connectivity index (χ1v) is 7.74. The Morgan fingerprint density at radius 3 is 2.48 bits per heavy atom. The van der Waals surface area contributed by atoms with Crippen LogP contribution in [0.25, 0.3) is 0 Å². The molecule has 112 valence electrons. The molecule has 0 heterocycles. The van der Waals surface area contributed by atoms with Gasteiger partial charge in [0.05, 0.1) is 20.3 Å². The van der Waals surface area contributed by atoms with E-state index in [-0.39, 0.29) is 0 Å². The van der Waals surface area contributed by atoms with Crippen LogP contribution in [0.4, 0.5) is 0 Å². The van der Waals surface area contributed by atoms with Crippen molar-refractivity contribution in [1.29, 1.82) is 0 Å². The van der Waals surface area contributed by atoms with E-state index in [0.717, 1.165) is 27.7 Å². The lowest BCUT2D eigenvalue weighted by atomic mass is 10.1. The van der Waals surface area contributed by atoms with Gasteiger partial charge >= 0.3 is 0 Å². The second-order valence-electron chi connectivity index (χ2n) is 4.73. The first kappa shape index (κ1) is 15.7. The van der Waals surface area contributed by atoms with Gasteiger partial charge in [0, 0.05) is 10.6 Å². The van der Waals surface area contributed by atoms with Crippen molar-refractivity contribution >= 4 is 11.8 Å². The standard InChI is InChI=1S/C17H20O3S/c1-12(18)14-5-4-6-15(10-14)21-11-13-7-8-16(19-2)17(9-13)20-3/h4-10,12,18H,11H2,1-3H3. The molecule has 0 aliphatic heterocycles. The second-order valence-corrected chi connectivity index (χ2v) is 5.78. The molecule has 2 aromatic rings. The molecule has 0 saturated heterocycles. The third kappa shape index (κ3) is 4.16. The highest BCUT2D eigenvalue weighted by Gasteiger charge is 2.06. The molecule has 2 aromatic carbocycles. The van der Waals surface area contributed by atoms with E-state index in [1.165, 1.54) is 5.56 Å². The van der Waals surface area contributed by atoms with Crippen molar-refractivity contribution in [2.75, 3.05) is 14.2 Å². The van der Waals surface area contributed by atoms with E-state index in [0.29, 0.717) is 0 Å². The monoisotopic (exact) mass is 304 g/mol. The van der Waals surface area contributed by atoms with Crippen LogP contribution in [0.15, 0.2) is 47.4 Å². The van der Waals surface area contributed by atoms with Crippen LogP contribution in [0.2, 0.25) is 0 Å². The first-order chi connectivity index (χ1) is 10.1. The lowest BCUT2D eigenvalue weighted by Gasteiger charge is -2.10. The van der Waals surface area contributed by atoms with Crippen LogP contribution in [-0.2, 0) is 5.75 Å². The Balaban J connectivity index is 2.07. The summed E-state index contributed by atoms with van der Waals surface area (Å²) >= 11 is 1.73. The van der Waals surface area contributed by atoms with E-state index in [9.17, 15) is 5.11 Å². The molecule has 1 atom stereocenters. The van der Waals surface area contributed by atoms with Crippen molar-refractivity contribution in [3.05, 3.63) is 53.6 Å². The van der Waals surface area contributed by atoms with Crippen molar-refractivity contribution in [2.45, 2.75) is 23.7 Å². The van der Waals surface area contributed by atoms with E-state index < -0.39 is 6.10 Å². The Morgan fingerprint density at radius 2 is 1.81 bits per heavy atom. The Bertz CT molecular complexity index is 596. The summed E-state index contributed by atoms with van der Waals surface area (Å²) in [5.74, 6) is 2.32. The van der Waals surface area contributed by atoms with Crippen molar-refractivity contribution in [2.24, 2.45) is 0 Å². The molecule has 1 unspecified atom stereocenters. The van der Waals surface area contributed by atoms with Gasteiger partial charge in [0.15, 0.2) is 11.5 Å². The van der Waals surface area contributed by atoms with Gasteiger partial charge in [0.1, 0.15) is 0 Å². The minimum atomic E-state index is -0.438. The number of methoxy groups -OCH3 is 2. The van der Waals surface area contributed by atoms with Gasteiger partial charge in [-0.2, -0.15) is 0 Å². The fraction of sp³-hybridized carbons (Fsp3) is 0.294. The summed E-state index contributed by atoms with van der Waals surface area (Å²) in [5, 5.41) is 9.62. The number of hydrogen-bond acceptors (Lipinski definition) is 4. The third-order valence-corrected chi connectivity index (χ3v) is 4.26. The number of thioether (sulfide) groups is 1. The molecule has 0 amide bonds. The predicted molar refractivity (Wildman–Crippen MR) is 86.2 cm³/mol. The number of aliphatic hydroxyl groups excluding tert-OH is 1. The van der Waals surface area contributed by atoms with Gasteiger partial charge in [0.25, 0.3) is 0 Å². The Labute approximate surface area is 129 Å². The van der Waals surface area contributed by atoms with E-state index in [1.54, 1.807) is 32.9 Å². The first-order valence-electron chi connectivity index (χ1n) is 6.75. The van der Waals surface area contributed by atoms with Crippen LogP contribution < -0.4 is 9.47 Å². The lowest BCUT2D eigenvalue weighted by molar-refractivity contribution is 0.199. The van der Waals surface area contributed by atoms with Crippen LogP contribution in [0, 0.1) is 0 Å². The number of rotatable bonds is 6. The highest BCUT2D eigenvalue weighted by atomic mass is 32.2. The van der Waals surface area contributed by atoms with Gasteiger partial charge in [-0.15, -0.1) is 11.8 Å². The van der Waals surface area contributed by atoms with Gasteiger partial charge in [-0.05, 0) is 42.3 Å². The molecule has 2 rings (SSSR count). The number of benzene rings is 2. The zero-order valence-electron chi connectivity index (χ0n) is 12.5. The molecule has 0 spiro atoms. The second kappa shape index (κ2) is 7.38. The van der Waals surface area contributed by atoms with Gasteiger partial charge in [-0.1, -0.05) is 18.2 Å². The minimum absolute atomic E-state index is 0.438. The Kier molecular flexibility index (Phi) is 5.53. The molecule has 0 aromatic heterocycles. The lowest BCUT2D eigenvalue weighted by Crippen LogP contribution is -1.92. The number of hydrogen-bond donors (Lipinski definition) is 1. The summed E-state index contributed by atoms with van der Waals surface area (Å²) < 4.78 is 10.5. The molecule has 4 heteroatoms. The van der Waals surface area contributed by atoms with Crippen molar-refractivity contribution in [1.82, 2.24) is 0 Å². The molecule has 0 aliphatic carbocycles. The molecular formula is C17H20O3S. The van der Waals surface area contributed by atoms with Crippen LogP contribution in [-0.4, -0.2) is 19.3 Å². The van der Waals surface area contributed by atoms with Crippen molar-refractivity contribution < 1.29 is 14.6 Å². The van der Waals surface area contributed by atoms with E-state index in [4.69, 9.17) is 9.47 Å². The molecule has 0 aliphatic rings. The number of ether oxygens (including phenoxy) is 2. The summed E-state index contributed by atoms with van der Waals surface area (Å²) in [5.41, 5.74) is 2.10. The van der Waals surface area contributed by atoms with Gasteiger partial charge in [-0.3, -0.25) is 0 Å². The average Bonchev–Trinajstić information content (AvgIpc) is 2.52. The van der Waals surface area contributed by atoms with Crippen LogP contribution in [0.5, 0.6) is 11.5 Å². The molecular weight excluding hydrogens is 284 g/mol. The number of aliphatic hydroxyl groups is 1. The predicted octanol–water partition coefficient (Wildman–Crippen LogP) is 4.05. The van der Waals surface area contributed by atoms with Crippen molar-refractivity contribution in [3.63, 3.8) is 0 Å². The normalized spacial score (nSPS) is 12.0. The maximum atomic E-state index is 9.62. The van der Waals surface area contributed by atoms with Gasteiger partial charge < -0.3 is 14.6 Å². The third-order valence-electron chi connectivity index (χ3n) is 3.19. The van der Waals surface area contributed by atoms with Crippen LogP contribution >= 0.6 is 11.8 Å². The quantitative estimate of drug-likeness (QED) is 0.817. The SMILES string of the molecule is COc1ccc(CSc2cccc(C(C)O)c2)cc1OC. The summed E-state index contributed by atoms with van der Waals surface area (Å²) in [4.78, 5) is 1.14. The van der Waals surface area contributed by atoms with Crippen molar-refractivity contribution in [3.8, 4) is 11.5 Å². The zero-order chi connectivity index (χ0) is 15.2. The summed E-state index contributed by atoms with van der Waals surface area (Å²) in [6, 6.07) is 13.9. The molecule has 1 N–H and O–H groups in total. The summed E-state index contributed by atoms with van der Waals surface area (Å²) in [6.07, 6.45) is -0.438. The molecule has 0 bridgehead atoms. The molecule has 0 radical (unpaired) electrons. The highest BCUT2D eigenvalue weighted by molar-refractivity contribution is 7.98. The highest BCUT2D eigenvalue weighted by Crippen LogP contribution is 2.31. The summed E-state index contributed by atoms with van der Waals surface area (Å²) in [7, 11) is 3.27. The topological polar surface area (TPSA) is 38.7 Å². The molecule has 21 heavy (non-hydrogen) atoms. The maximum Gasteiger partial charge on any atom is 0.161 e. The zero-order valence-corrected chi connectivity index (χ0v) is 13.3. The molecule has 3 nitrogen and oxygen atoms in total. The van der Waals surface area contributed by atoms with Crippen LogP contribution in [0.1, 0.15) is 24.2 Å². The largest absolute Gasteiger partial charge is 0.493 e. The fourth-order valence-corrected chi connectivity index (χ4v) is 2.91. The van der Waals surface area contributed by atoms with Gasteiger partial charge in [0.2, 0.25) is 0 Å². The van der Waals surface area contributed by atoms with E-state index >= 15 is 0 Å². The Morgan fingerprint density at radius 1 is 1.05 bits per heavy atom. The maximum absolute atomic E-state index is 9.62. The van der Waals surface area contributed by atoms with E-state index in [1.807, 2.05) is 36.4 Å². The van der Waals surface area contributed by atoms with Crippen LogP contribution in [0.3, 0.4) is 0 Å². The molecule has 0 saturated carbocycles. The average molecular weight is 304 g/mol. The van der Waals surface area contributed by atoms with E-state index in [2.05, 4.69) is 6.07 Å². The summed E-state index contributed by atoms with van der Waals surface area (Å²) in [6.45, 7) is 1.78. The Hall–Kier alpha value is -1.65. The fourth-order valence-electron chi connectivity index (χ4n) is 2.00. The molecule has 0 fully saturated rings. The van der Waals surface area contributed by atoms with Gasteiger partial charge in [-0.25, -0.2) is 0 Å². The smallest absolute Gasteiger partial charge is 0.161 e. The minimum Gasteiger partial charge on any atom is -0.493 e.